The molecule has 0 radical (unpaired) electrons. The fraction of sp³-hybridized carbons (Fsp3) is 0.200. The van der Waals surface area contributed by atoms with Crippen LogP contribution in [0, 0.1) is 20.8 Å². The van der Waals surface area contributed by atoms with Gasteiger partial charge in [0.05, 0.1) is 0 Å². The zero-order valence-corrected chi connectivity index (χ0v) is 13.3. The molecule has 0 unspecified atom stereocenters. The molecule has 0 saturated carbocycles. The Labute approximate surface area is 128 Å². The number of rotatable bonds is 3. The minimum absolute atomic E-state index is 0.165. The van der Waals surface area contributed by atoms with Crippen molar-refractivity contribution in [3.05, 3.63) is 53.1 Å². The third kappa shape index (κ3) is 2.43. The first-order chi connectivity index (χ1) is 10.4. The molecule has 0 N–H and O–H groups in total. The van der Waals surface area contributed by atoms with Crippen LogP contribution in [0.2, 0.25) is 0 Å². The number of hydrogen-bond donors (Lipinski definition) is 0. The Bertz CT molecular complexity index is 938. The first-order valence-electron chi connectivity index (χ1n) is 6.72. The van der Waals surface area contributed by atoms with Crippen LogP contribution < -0.4 is 4.28 Å². The van der Waals surface area contributed by atoms with Gasteiger partial charge in [0, 0.05) is 0 Å². The van der Waals surface area contributed by atoms with Gasteiger partial charge in [-0.2, -0.15) is 8.42 Å². The van der Waals surface area contributed by atoms with E-state index in [-0.39, 0.29) is 4.90 Å². The molecule has 3 rings (SSSR count). The monoisotopic (exact) mass is 317 g/mol. The van der Waals surface area contributed by atoms with E-state index in [9.17, 15) is 8.42 Å². The molecule has 1 aromatic heterocycles. The van der Waals surface area contributed by atoms with E-state index in [2.05, 4.69) is 10.3 Å². The maximum Gasteiger partial charge on any atom is 0.359 e. The summed E-state index contributed by atoms with van der Waals surface area (Å²) in [5.74, 6) is 0. The molecule has 0 amide bonds. The van der Waals surface area contributed by atoms with Gasteiger partial charge in [-0.05, 0) is 49.2 Å². The van der Waals surface area contributed by atoms with Crippen molar-refractivity contribution in [1.82, 2.24) is 15.2 Å². The lowest BCUT2D eigenvalue weighted by atomic mass is 10.1. The number of benzene rings is 2. The number of hydrogen-bond acceptors (Lipinski definition) is 5. The molecule has 0 aliphatic heterocycles. The molecule has 0 saturated heterocycles. The van der Waals surface area contributed by atoms with Crippen molar-refractivity contribution in [3.8, 4) is 0 Å². The minimum Gasteiger partial charge on any atom is -0.264 e. The summed E-state index contributed by atoms with van der Waals surface area (Å²) in [6.45, 7) is 5.41. The molecule has 0 bridgehead atoms. The van der Waals surface area contributed by atoms with E-state index >= 15 is 0 Å². The van der Waals surface area contributed by atoms with Gasteiger partial charge in [-0.15, -0.1) is 5.10 Å². The molecule has 1 heterocycles. The van der Waals surface area contributed by atoms with E-state index in [4.69, 9.17) is 4.28 Å². The minimum atomic E-state index is -3.99. The molecule has 0 fully saturated rings. The van der Waals surface area contributed by atoms with Crippen LogP contribution in [0.3, 0.4) is 0 Å². The predicted molar refractivity (Wildman–Crippen MR) is 81.9 cm³/mol. The largest absolute Gasteiger partial charge is 0.359 e. The Balaban J connectivity index is 2.08. The Hall–Kier alpha value is -2.41. The summed E-state index contributed by atoms with van der Waals surface area (Å²) in [6, 6.07) is 10.6. The molecule has 2 aromatic carbocycles. The molecule has 114 valence electrons. The molecular weight excluding hydrogens is 302 g/mol. The Kier molecular flexibility index (Phi) is 3.37. The predicted octanol–water partition coefficient (Wildman–Crippen LogP) is 2.17. The second-order valence-electron chi connectivity index (χ2n) is 5.21. The normalized spacial score (nSPS) is 11.8. The van der Waals surface area contributed by atoms with E-state index in [1.165, 1.54) is 0 Å². The summed E-state index contributed by atoms with van der Waals surface area (Å²) in [5, 5.41) is 7.63. The third-order valence-corrected chi connectivity index (χ3v) is 4.83. The lowest BCUT2D eigenvalue weighted by Crippen LogP contribution is -2.23. The zero-order valence-electron chi connectivity index (χ0n) is 12.4. The molecule has 0 aliphatic rings. The third-order valence-electron chi connectivity index (χ3n) is 3.34. The second kappa shape index (κ2) is 5.10. The van der Waals surface area contributed by atoms with Crippen molar-refractivity contribution in [2.75, 3.05) is 0 Å². The summed E-state index contributed by atoms with van der Waals surface area (Å²) in [5.41, 5.74) is 3.34. The maximum absolute atomic E-state index is 12.6. The molecule has 22 heavy (non-hydrogen) atoms. The molecule has 7 heteroatoms. The van der Waals surface area contributed by atoms with Gasteiger partial charge in [0.2, 0.25) is 0 Å². The van der Waals surface area contributed by atoms with Gasteiger partial charge in [-0.25, -0.2) is 0 Å². The topological polar surface area (TPSA) is 74.1 Å². The SMILES string of the molecule is Cc1cc(C)c(S(=O)(=O)On2nnc3ccccc32)c(C)c1. The van der Waals surface area contributed by atoms with Gasteiger partial charge in [-0.3, -0.25) is 4.28 Å². The van der Waals surface area contributed by atoms with E-state index in [1.807, 2.05) is 19.1 Å². The summed E-state index contributed by atoms with van der Waals surface area (Å²) >= 11 is 0. The van der Waals surface area contributed by atoms with Crippen LogP contribution in [0.5, 0.6) is 0 Å². The molecule has 3 aromatic rings. The summed E-state index contributed by atoms with van der Waals surface area (Å²) in [4.78, 5) is 1.10. The average molecular weight is 317 g/mol. The average Bonchev–Trinajstić information content (AvgIpc) is 2.80. The number of para-hydroxylation sites is 1. The molecule has 0 spiro atoms. The highest BCUT2D eigenvalue weighted by Crippen LogP contribution is 2.22. The molecule has 6 nitrogen and oxygen atoms in total. The first kappa shape index (κ1) is 14.5. The van der Waals surface area contributed by atoms with E-state index < -0.39 is 10.1 Å². The molecule has 0 atom stereocenters. The summed E-state index contributed by atoms with van der Waals surface area (Å²) in [7, 11) is -3.99. The van der Waals surface area contributed by atoms with Crippen LogP contribution >= 0.6 is 0 Å². The van der Waals surface area contributed by atoms with E-state index in [0.717, 1.165) is 10.4 Å². The van der Waals surface area contributed by atoms with Crippen molar-refractivity contribution in [3.63, 3.8) is 0 Å². The van der Waals surface area contributed by atoms with Crippen molar-refractivity contribution in [2.24, 2.45) is 0 Å². The lowest BCUT2D eigenvalue weighted by molar-refractivity contribution is 0.244. The van der Waals surface area contributed by atoms with Gasteiger partial charge in [0.25, 0.3) is 0 Å². The fourth-order valence-electron chi connectivity index (χ4n) is 2.59. The van der Waals surface area contributed by atoms with Gasteiger partial charge < -0.3 is 0 Å². The number of aryl methyl sites for hydroxylation is 3. The second-order valence-corrected chi connectivity index (χ2v) is 6.67. The highest BCUT2D eigenvalue weighted by atomic mass is 32.2. The Morgan fingerprint density at radius 3 is 2.36 bits per heavy atom. The van der Waals surface area contributed by atoms with Gasteiger partial charge in [0.15, 0.2) is 0 Å². The van der Waals surface area contributed by atoms with Gasteiger partial charge in [0.1, 0.15) is 15.9 Å². The zero-order chi connectivity index (χ0) is 15.9. The Morgan fingerprint density at radius 2 is 1.68 bits per heavy atom. The summed E-state index contributed by atoms with van der Waals surface area (Å²) < 4.78 is 30.3. The highest BCUT2D eigenvalue weighted by molar-refractivity contribution is 7.87. The van der Waals surface area contributed by atoms with Crippen LogP contribution in [-0.2, 0) is 10.1 Å². The maximum atomic E-state index is 12.6. The van der Waals surface area contributed by atoms with Crippen LogP contribution in [0.1, 0.15) is 16.7 Å². The smallest absolute Gasteiger partial charge is 0.264 e. The van der Waals surface area contributed by atoms with Crippen LogP contribution in [0.4, 0.5) is 0 Å². The molecular formula is C15H15N3O3S. The van der Waals surface area contributed by atoms with Crippen LogP contribution in [-0.4, -0.2) is 23.6 Å². The van der Waals surface area contributed by atoms with Gasteiger partial charge >= 0.3 is 10.1 Å². The van der Waals surface area contributed by atoms with Crippen molar-refractivity contribution >= 4 is 21.2 Å². The van der Waals surface area contributed by atoms with Crippen molar-refractivity contribution in [2.45, 2.75) is 25.7 Å². The van der Waals surface area contributed by atoms with Crippen molar-refractivity contribution in [1.29, 1.82) is 0 Å². The first-order valence-corrected chi connectivity index (χ1v) is 8.12. The van der Waals surface area contributed by atoms with E-state index in [1.54, 1.807) is 38.1 Å². The lowest BCUT2D eigenvalue weighted by Gasteiger charge is -2.12. The summed E-state index contributed by atoms with van der Waals surface area (Å²) in [6.07, 6.45) is 0. The fourth-order valence-corrected chi connectivity index (χ4v) is 3.87. The van der Waals surface area contributed by atoms with Crippen LogP contribution in [0.15, 0.2) is 41.3 Å². The quantitative estimate of drug-likeness (QED) is 0.740. The standard InChI is InChI=1S/C15H15N3O3S/c1-10-8-11(2)15(12(3)9-10)22(19,20)21-18-14-7-5-4-6-13(14)16-17-18/h4-9H,1-3H3. The van der Waals surface area contributed by atoms with Gasteiger partial charge in [-0.1, -0.05) is 34.7 Å². The number of aromatic nitrogens is 3. The Morgan fingerprint density at radius 1 is 1.05 bits per heavy atom. The highest BCUT2D eigenvalue weighted by Gasteiger charge is 2.24. The van der Waals surface area contributed by atoms with E-state index in [0.29, 0.717) is 22.2 Å². The number of nitrogens with zero attached hydrogens (tertiary/aromatic N) is 3. The molecule has 0 aliphatic carbocycles. The number of fused-ring (bicyclic) bond motifs is 1. The van der Waals surface area contributed by atoms with Crippen LogP contribution in [0.25, 0.3) is 11.0 Å². The van der Waals surface area contributed by atoms with Crippen molar-refractivity contribution < 1.29 is 12.7 Å².